The molecule has 2 rings (SSSR count). The van der Waals surface area contributed by atoms with Gasteiger partial charge in [-0.15, -0.1) is 0 Å². The number of para-hydroxylation sites is 1. The lowest BCUT2D eigenvalue weighted by Gasteiger charge is -2.26. The van der Waals surface area contributed by atoms with Crippen LogP contribution in [0.5, 0.6) is 0 Å². The van der Waals surface area contributed by atoms with E-state index in [1.54, 1.807) is 20.0 Å². The highest BCUT2D eigenvalue weighted by molar-refractivity contribution is 5.96. The number of rotatable bonds is 15. The highest BCUT2D eigenvalue weighted by atomic mass is 16.4. The number of aliphatic carboxylic acids is 2. The van der Waals surface area contributed by atoms with Gasteiger partial charge in [0.05, 0.1) is 12.5 Å². The number of carbonyl (C=O) groups is 6. The van der Waals surface area contributed by atoms with Crippen LogP contribution in [-0.2, 0) is 35.2 Å². The van der Waals surface area contributed by atoms with E-state index in [1.807, 2.05) is 24.3 Å². The molecule has 14 nitrogen and oxygen atoms in total. The van der Waals surface area contributed by atoms with Crippen LogP contribution < -0.4 is 27.4 Å². The number of nitrogens with one attached hydrogen (secondary N) is 4. The van der Waals surface area contributed by atoms with E-state index < -0.39 is 84.9 Å². The summed E-state index contributed by atoms with van der Waals surface area (Å²) in [7, 11) is 0. The summed E-state index contributed by atoms with van der Waals surface area (Å²) in [6.45, 7) is 3.29. The third-order valence-electron chi connectivity index (χ3n) is 6.00. The number of aromatic amines is 1. The first-order valence-corrected chi connectivity index (χ1v) is 12.2. The number of benzene rings is 1. The molecule has 0 fully saturated rings. The zero-order valence-electron chi connectivity index (χ0n) is 21.6. The van der Waals surface area contributed by atoms with Crippen LogP contribution in [0.3, 0.4) is 0 Å². The van der Waals surface area contributed by atoms with Crippen molar-refractivity contribution in [2.45, 2.75) is 63.7 Å². The summed E-state index contributed by atoms with van der Waals surface area (Å²) >= 11 is 0. The number of hydrogen-bond acceptors (Lipinski definition) is 7. The molecule has 0 aliphatic heterocycles. The number of fused-ring (bicyclic) bond motifs is 1. The second kappa shape index (κ2) is 13.9. The van der Waals surface area contributed by atoms with E-state index in [4.69, 9.17) is 16.6 Å². The number of nitrogens with two attached hydrogens (primary N) is 2. The number of amides is 4. The molecular weight excluding hydrogens is 512 g/mol. The van der Waals surface area contributed by atoms with E-state index in [2.05, 4.69) is 20.9 Å². The van der Waals surface area contributed by atoms with Crippen molar-refractivity contribution in [1.82, 2.24) is 20.9 Å². The quantitative estimate of drug-likeness (QED) is 0.136. The van der Waals surface area contributed by atoms with Gasteiger partial charge in [-0.2, -0.15) is 0 Å². The molecule has 0 bridgehead atoms. The summed E-state index contributed by atoms with van der Waals surface area (Å²) in [5.74, 6) is -6.68. The van der Waals surface area contributed by atoms with E-state index in [1.165, 1.54) is 0 Å². The Morgan fingerprint density at radius 2 is 1.56 bits per heavy atom. The monoisotopic (exact) mass is 546 g/mol. The minimum atomic E-state index is -1.58. The van der Waals surface area contributed by atoms with Crippen molar-refractivity contribution in [3.05, 3.63) is 36.0 Å². The Morgan fingerprint density at radius 3 is 2.15 bits per heavy atom. The fraction of sp³-hybridized carbons (Fsp3) is 0.440. The minimum absolute atomic E-state index is 0.182. The van der Waals surface area contributed by atoms with Gasteiger partial charge in [0.2, 0.25) is 23.6 Å². The van der Waals surface area contributed by atoms with Crippen LogP contribution in [0.4, 0.5) is 0 Å². The Kier molecular flexibility index (Phi) is 11.0. The van der Waals surface area contributed by atoms with E-state index in [-0.39, 0.29) is 6.42 Å². The maximum Gasteiger partial charge on any atom is 0.326 e. The summed E-state index contributed by atoms with van der Waals surface area (Å²) in [5.41, 5.74) is 13.0. The summed E-state index contributed by atoms with van der Waals surface area (Å²) in [6, 6.07) is 2.18. The normalized spacial score (nSPS) is 14.2. The highest BCUT2D eigenvalue weighted by Gasteiger charge is 2.32. The average Bonchev–Trinajstić information content (AvgIpc) is 3.26. The number of hydrogen-bond donors (Lipinski definition) is 8. The Labute approximate surface area is 223 Å². The number of primary amides is 1. The standard InChI is InChI=1S/C25H34N6O8/c1-12(2)21(31-22(35)15(26)9-13-11-28-16-6-4-3-5-14(13)16)24(37)30-18(10-19(27)32)23(36)29-17(25(38)39)7-8-20(33)34/h3-6,11-12,15,17-18,21,28H,7-10,26H2,1-2H3,(H2,27,32)(H,29,36)(H,30,37)(H,31,35)(H,33,34)(H,38,39). The summed E-state index contributed by atoms with van der Waals surface area (Å²) in [5, 5.41) is 26.0. The Hall–Kier alpha value is -4.46. The number of carboxylic acid groups (broad SMARTS) is 2. The molecular formula is C25H34N6O8. The smallest absolute Gasteiger partial charge is 0.326 e. The zero-order chi connectivity index (χ0) is 29.3. The molecule has 1 heterocycles. The van der Waals surface area contributed by atoms with Crippen molar-refractivity contribution in [1.29, 1.82) is 0 Å². The SMILES string of the molecule is CC(C)C(NC(=O)C(N)Cc1c[nH]c2ccccc12)C(=O)NC(CC(N)=O)C(=O)NC(CCC(=O)O)C(=O)O. The van der Waals surface area contributed by atoms with Crippen LogP contribution >= 0.6 is 0 Å². The fourth-order valence-electron chi connectivity index (χ4n) is 3.89. The molecule has 1 aromatic heterocycles. The van der Waals surface area contributed by atoms with E-state index in [0.29, 0.717) is 0 Å². The molecule has 0 aliphatic carbocycles. The van der Waals surface area contributed by atoms with Gasteiger partial charge >= 0.3 is 11.9 Å². The van der Waals surface area contributed by atoms with Crippen LogP contribution in [0.1, 0.15) is 38.7 Å². The summed E-state index contributed by atoms with van der Waals surface area (Å²) < 4.78 is 0. The van der Waals surface area contributed by atoms with Gasteiger partial charge in [0, 0.05) is 23.5 Å². The van der Waals surface area contributed by atoms with Crippen molar-refractivity contribution in [2.75, 3.05) is 0 Å². The topological polar surface area (TPSA) is 247 Å². The molecule has 0 saturated heterocycles. The molecule has 0 radical (unpaired) electrons. The van der Waals surface area contributed by atoms with Crippen LogP contribution in [-0.4, -0.2) is 74.9 Å². The Bertz CT molecular complexity index is 1230. The molecule has 4 unspecified atom stereocenters. The van der Waals surface area contributed by atoms with Crippen molar-refractivity contribution in [3.8, 4) is 0 Å². The molecule has 2 aromatic rings. The Morgan fingerprint density at radius 1 is 0.923 bits per heavy atom. The van der Waals surface area contributed by atoms with Crippen LogP contribution in [0.25, 0.3) is 10.9 Å². The van der Waals surface area contributed by atoms with Gasteiger partial charge in [-0.3, -0.25) is 24.0 Å². The third kappa shape index (κ3) is 9.10. The van der Waals surface area contributed by atoms with Gasteiger partial charge in [-0.1, -0.05) is 32.0 Å². The predicted octanol–water partition coefficient (Wildman–Crippen LogP) is -1.03. The maximum absolute atomic E-state index is 13.1. The van der Waals surface area contributed by atoms with Crippen LogP contribution in [0.15, 0.2) is 30.5 Å². The number of carbonyl (C=O) groups excluding carboxylic acids is 4. The summed E-state index contributed by atoms with van der Waals surface area (Å²) in [4.78, 5) is 75.5. The first-order valence-electron chi connectivity index (χ1n) is 12.2. The van der Waals surface area contributed by atoms with Crippen molar-refractivity contribution in [2.24, 2.45) is 17.4 Å². The zero-order valence-corrected chi connectivity index (χ0v) is 21.6. The van der Waals surface area contributed by atoms with E-state index in [9.17, 15) is 33.9 Å². The molecule has 0 saturated carbocycles. The van der Waals surface area contributed by atoms with Gasteiger partial charge in [0.25, 0.3) is 0 Å². The predicted molar refractivity (Wildman–Crippen MR) is 139 cm³/mol. The van der Waals surface area contributed by atoms with E-state index >= 15 is 0 Å². The molecule has 212 valence electrons. The first kappa shape index (κ1) is 30.8. The first-order chi connectivity index (χ1) is 18.3. The molecule has 1 aromatic carbocycles. The largest absolute Gasteiger partial charge is 0.481 e. The fourth-order valence-corrected chi connectivity index (χ4v) is 3.89. The second-order valence-electron chi connectivity index (χ2n) is 9.46. The van der Waals surface area contributed by atoms with Crippen LogP contribution in [0.2, 0.25) is 0 Å². The lowest BCUT2D eigenvalue weighted by Crippen LogP contribution is -2.59. The molecule has 10 N–H and O–H groups in total. The molecule has 39 heavy (non-hydrogen) atoms. The lowest BCUT2D eigenvalue weighted by atomic mass is 10.0. The van der Waals surface area contributed by atoms with Gasteiger partial charge in [0.1, 0.15) is 18.1 Å². The van der Waals surface area contributed by atoms with E-state index in [0.717, 1.165) is 16.5 Å². The molecule has 0 aliphatic rings. The van der Waals surface area contributed by atoms with Crippen molar-refractivity contribution in [3.63, 3.8) is 0 Å². The van der Waals surface area contributed by atoms with Crippen molar-refractivity contribution >= 4 is 46.5 Å². The molecule has 4 amide bonds. The number of aromatic nitrogens is 1. The Balaban J connectivity index is 2.10. The van der Waals surface area contributed by atoms with Crippen molar-refractivity contribution < 1.29 is 39.0 Å². The number of carboxylic acids is 2. The number of H-pyrrole nitrogens is 1. The third-order valence-corrected chi connectivity index (χ3v) is 6.00. The van der Waals surface area contributed by atoms with Gasteiger partial charge in [-0.05, 0) is 30.4 Å². The average molecular weight is 547 g/mol. The lowest BCUT2D eigenvalue weighted by molar-refractivity contribution is -0.143. The second-order valence-corrected chi connectivity index (χ2v) is 9.46. The summed E-state index contributed by atoms with van der Waals surface area (Å²) in [6.07, 6.45) is 0.304. The molecule has 4 atom stereocenters. The highest BCUT2D eigenvalue weighted by Crippen LogP contribution is 2.19. The maximum atomic E-state index is 13.1. The minimum Gasteiger partial charge on any atom is -0.481 e. The van der Waals surface area contributed by atoms with Crippen LogP contribution in [0, 0.1) is 5.92 Å². The molecule has 0 spiro atoms. The van der Waals surface area contributed by atoms with Gasteiger partial charge < -0.3 is 42.6 Å². The van der Waals surface area contributed by atoms with Gasteiger partial charge in [0.15, 0.2) is 0 Å². The molecule has 14 heteroatoms. The van der Waals surface area contributed by atoms with Gasteiger partial charge in [-0.25, -0.2) is 4.79 Å².